The number of guanidine groups is 1. The lowest BCUT2D eigenvalue weighted by Gasteiger charge is -2.32. The molecular weight excluding hydrogens is 598 g/mol. The third-order valence-electron chi connectivity index (χ3n) is 7.53. The Morgan fingerprint density at radius 3 is 2.28 bits per heavy atom. The van der Waals surface area contributed by atoms with Gasteiger partial charge in [-0.15, -0.1) is 0 Å². The van der Waals surface area contributed by atoms with E-state index in [1.807, 2.05) is 26.0 Å². The predicted molar refractivity (Wildman–Crippen MR) is 169 cm³/mol. The number of nitrogens with two attached hydrogens (primary N) is 1. The fraction of sp³-hybridized carbons (Fsp3) is 0.516. The number of carboxylic acids is 1. The van der Waals surface area contributed by atoms with Crippen LogP contribution in [0.1, 0.15) is 51.5 Å². The van der Waals surface area contributed by atoms with Gasteiger partial charge in [0.25, 0.3) is 5.97 Å². The molecule has 1 aromatic carbocycles. The van der Waals surface area contributed by atoms with E-state index in [2.05, 4.69) is 31.6 Å². The van der Waals surface area contributed by atoms with E-state index < -0.39 is 60.0 Å². The number of allylic oxidation sites excluding steroid dienone is 3. The summed E-state index contributed by atoms with van der Waals surface area (Å²) in [6.45, 7) is 3.96. The Morgan fingerprint density at radius 1 is 0.978 bits per heavy atom. The molecule has 15 heteroatoms. The molecule has 3 rings (SSSR count). The molecule has 0 unspecified atom stereocenters. The quantitative estimate of drug-likeness (QED) is 0.108. The van der Waals surface area contributed by atoms with Gasteiger partial charge in [-0.25, -0.2) is 14.6 Å². The van der Waals surface area contributed by atoms with Gasteiger partial charge < -0.3 is 52.7 Å². The van der Waals surface area contributed by atoms with E-state index in [9.17, 15) is 39.6 Å². The summed E-state index contributed by atoms with van der Waals surface area (Å²) in [5, 5.41) is 52.6. The normalized spacial score (nSPS) is 19.0. The van der Waals surface area contributed by atoms with Crippen molar-refractivity contribution in [2.24, 2.45) is 16.6 Å². The molecule has 0 aromatic heterocycles. The van der Waals surface area contributed by atoms with Gasteiger partial charge in [-0.3, -0.25) is 9.59 Å². The molecular formula is C31H45N7O8. The number of carbonyl (C=O) groups excluding carboxylic acids is 3. The molecule has 0 radical (unpaired) electrons. The summed E-state index contributed by atoms with van der Waals surface area (Å²) in [6.07, 6.45) is 7.53. The van der Waals surface area contributed by atoms with E-state index in [0.29, 0.717) is 12.1 Å². The van der Waals surface area contributed by atoms with Crippen molar-refractivity contribution in [3.05, 3.63) is 59.7 Å². The van der Waals surface area contributed by atoms with Gasteiger partial charge in [0, 0.05) is 19.4 Å². The second-order valence-corrected chi connectivity index (χ2v) is 11.9. The number of aliphatic imine (C=N–C) groups is 1. The summed E-state index contributed by atoms with van der Waals surface area (Å²) in [4.78, 5) is 56.5. The standard InChI is InChI=1S/C31H45N7O8/c1-18(2)15-22(26(39)37-24(31(44,45)46)17-20-11-7-4-8-12-20)34-27(40)25(21-13-14-33-29(32)35-21)38-30(43)36-23(28(41)42)16-19-9-5-3-6-10-19/h4-5,7-12,18,21-25,44-46H,3,6,13-17H2,1-2H3,(H,34,40)(H,37,39)(H,41,42)(H3,32,33,35)(H2,36,38,43)/t21-,22-,23-,24-,25-/m0/s1. The molecule has 46 heavy (non-hydrogen) atoms. The molecule has 1 aliphatic heterocycles. The lowest BCUT2D eigenvalue weighted by Crippen LogP contribution is -2.62. The van der Waals surface area contributed by atoms with Crippen LogP contribution in [0.4, 0.5) is 4.79 Å². The molecule has 5 atom stereocenters. The Hall–Kier alpha value is -4.47. The largest absolute Gasteiger partial charge is 0.480 e. The Kier molecular flexibility index (Phi) is 13.1. The topological polar surface area (TPSA) is 248 Å². The molecule has 0 saturated carbocycles. The lowest BCUT2D eigenvalue weighted by atomic mass is 9.98. The van der Waals surface area contributed by atoms with Crippen molar-refractivity contribution in [3.8, 4) is 0 Å². The first-order valence-electron chi connectivity index (χ1n) is 15.3. The second-order valence-electron chi connectivity index (χ2n) is 11.9. The lowest BCUT2D eigenvalue weighted by molar-refractivity contribution is -0.326. The fourth-order valence-electron chi connectivity index (χ4n) is 5.18. The van der Waals surface area contributed by atoms with Gasteiger partial charge in [-0.1, -0.05) is 62.4 Å². The maximum Gasteiger partial charge on any atom is 0.326 e. The smallest absolute Gasteiger partial charge is 0.326 e. The number of benzene rings is 1. The molecule has 0 bridgehead atoms. The van der Waals surface area contributed by atoms with Crippen LogP contribution in [-0.2, 0) is 20.8 Å². The minimum Gasteiger partial charge on any atom is -0.480 e. The Balaban J connectivity index is 1.79. The number of nitrogens with zero attached hydrogens (tertiary/aromatic N) is 1. The number of nitrogens with one attached hydrogen (secondary N) is 5. The highest BCUT2D eigenvalue weighted by Gasteiger charge is 2.38. The third kappa shape index (κ3) is 11.5. The number of rotatable bonds is 15. The van der Waals surface area contributed by atoms with Gasteiger partial charge in [-0.05, 0) is 42.7 Å². The highest BCUT2D eigenvalue weighted by Crippen LogP contribution is 2.17. The number of hydrogen-bond donors (Lipinski definition) is 10. The summed E-state index contributed by atoms with van der Waals surface area (Å²) in [5.41, 5.74) is 7.21. The van der Waals surface area contributed by atoms with E-state index in [-0.39, 0.29) is 37.6 Å². The van der Waals surface area contributed by atoms with Crippen LogP contribution in [0.3, 0.4) is 0 Å². The average Bonchev–Trinajstić information content (AvgIpc) is 2.99. The first kappa shape index (κ1) is 36.0. The zero-order valence-electron chi connectivity index (χ0n) is 26.0. The maximum atomic E-state index is 13.7. The van der Waals surface area contributed by atoms with Crippen molar-refractivity contribution >= 4 is 29.8 Å². The highest BCUT2D eigenvalue weighted by molar-refractivity contribution is 5.93. The van der Waals surface area contributed by atoms with Crippen LogP contribution in [0.25, 0.3) is 0 Å². The van der Waals surface area contributed by atoms with Crippen LogP contribution in [-0.4, -0.2) is 92.9 Å². The van der Waals surface area contributed by atoms with Crippen LogP contribution < -0.4 is 32.3 Å². The SMILES string of the molecule is CC(C)C[C@H](NC(=O)[C@@H](NC(=O)N[C@@H](CC1=CCCC=C1)C(=O)O)[C@@H]1CCNC(N)=N1)C(=O)N[C@@H](Cc1ccccc1)C(O)(O)O. The number of urea groups is 1. The zero-order chi connectivity index (χ0) is 33.9. The molecule has 2 aliphatic rings. The van der Waals surface area contributed by atoms with Crippen molar-refractivity contribution < 1.29 is 39.6 Å². The van der Waals surface area contributed by atoms with Crippen LogP contribution in [0.5, 0.6) is 0 Å². The molecule has 15 nitrogen and oxygen atoms in total. The van der Waals surface area contributed by atoms with Gasteiger partial charge in [-0.2, -0.15) is 0 Å². The summed E-state index contributed by atoms with van der Waals surface area (Å²) in [5.74, 6) is -6.21. The monoisotopic (exact) mass is 643 g/mol. The number of aliphatic hydroxyl groups is 3. The van der Waals surface area contributed by atoms with Gasteiger partial charge >= 0.3 is 12.0 Å². The first-order chi connectivity index (χ1) is 21.7. The van der Waals surface area contributed by atoms with Crippen molar-refractivity contribution in [3.63, 3.8) is 0 Å². The summed E-state index contributed by atoms with van der Waals surface area (Å²) in [7, 11) is 0. The van der Waals surface area contributed by atoms with Gasteiger partial charge in [0.05, 0.1) is 6.04 Å². The van der Waals surface area contributed by atoms with Gasteiger partial charge in [0.15, 0.2) is 5.96 Å². The number of aliphatic carboxylic acids is 1. The van der Waals surface area contributed by atoms with Crippen molar-refractivity contribution in [2.45, 2.75) is 88.6 Å². The highest BCUT2D eigenvalue weighted by atomic mass is 16.7. The number of carbonyl (C=O) groups is 4. The minimum atomic E-state index is -3.27. The van der Waals surface area contributed by atoms with Gasteiger partial charge in [0.1, 0.15) is 24.2 Å². The molecule has 252 valence electrons. The Morgan fingerprint density at radius 2 is 1.70 bits per heavy atom. The van der Waals surface area contributed by atoms with E-state index in [4.69, 9.17) is 5.73 Å². The summed E-state index contributed by atoms with van der Waals surface area (Å²) < 4.78 is 0. The van der Waals surface area contributed by atoms with Crippen LogP contribution >= 0.6 is 0 Å². The van der Waals surface area contributed by atoms with E-state index >= 15 is 0 Å². The molecule has 0 saturated heterocycles. The molecule has 0 spiro atoms. The summed E-state index contributed by atoms with van der Waals surface area (Å²) >= 11 is 0. The van der Waals surface area contributed by atoms with Crippen LogP contribution in [0, 0.1) is 5.92 Å². The number of amides is 4. The fourth-order valence-corrected chi connectivity index (χ4v) is 5.18. The van der Waals surface area contributed by atoms with Crippen molar-refractivity contribution in [1.29, 1.82) is 0 Å². The van der Waals surface area contributed by atoms with Crippen molar-refractivity contribution in [2.75, 3.05) is 6.54 Å². The van der Waals surface area contributed by atoms with E-state index in [0.717, 1.165) is 18.4 Å². The zero-order valence-corrected chi connectivity index (χ0v) is 26.0. The number of hydrogen-bond acceptors (Lipinski definition) is 10. The Bertz CT molecular complexity index is 1310. The van der Waals surface area contributed by atoms with Crippen molar-refractivity contribution in [1.82, 2.24) is 26.6 Å². The summed E-state index contributed by atoms with van der Waals surface area (Å²) in [6, 6.07) is 1.35. The average molecular weight is 644 g/mol. The molecule has 1 aliphatic carbocycles. The second kappa shape index (κ2) is 16.7. The third-order valence-corrected chi connectivity index (χ3v) is 7.53. The predicted octanol–water partition coefficient (Wildman–Crippen LogP) is -0.660. The number of carboxylic acid groups (broad SMARTS) is 1. The molecule has 4 amide bonds. The van der Waals surface area contributed by atoms with Gasteiger partial charge in [0.2, 0.25) is 11.8 Å². The minimum absolute atomic E-state index is 0.0391. The maximum absolute atomic E-state index is 13.7. The molecule has 0 fully saturated rings. The molecule has 11 N–H and O–H groups in total. The Labute approximate surface area is 267 Å². The van der Waals surface area contributed by atoms with Crippen LogP contribution in [0.2, 0.25) is 0 Å². The van der Waals surface area contributed by atoms with E-state index in [1.54, 1.807) is 36.4 Å². The van der Waals surface area contributed by atoms with Crippen LogP contribution in [0.15, 0.2) is 59.1 Å². The van der Waals surface area contributed by atoms with E-state index in [1.165, 1.54) is 0 Å². The first-order valence-corrected chi connectivity index (χ1v) is 15.3. The molecule has 1 aromatic rings. The molecule has 1 heterocycles.